The predicted molar refractivity (Wildman–Crippen MR) is 85.4 cm³/mol. The normalized spacial score (nSPS) is 23.1. The molecule has 0 bridgehead atoms. The fraction of sp³-hybridized carbons (Fsp3) is 0.562. The molecular weight excluding hydrogens is 268 g/mol. The predicted octanol–water partition coefficient (Wildman–Crippen LogP) is 2.86. The minimum atomic E-state index is 0.265. The molecule has 0 aromatic heterocycles. The molecule has 0 atom stereocenters. The summed E-state index contributed by atoms with van der Waals surface area (Å²) in [6.07, 6.45) is 4.46. The summed E-state index contributed by atoms with van der Waals surface area (Å²) in [5, 5.41) is 4.78. The van der Waals surface area contributed by atoms with Gasteiger partial charge >= 0.3 is 0 Å². The van der Waals surface area contributed by atoms with E-state index < -0.39 is 0 Å². The van der Waals surface area contributed by atoms with Crippen LogP contribution in [0.15, 0.2) is 35.3 Å². The molecule has 1 N–H and O–H groups in total. The number of hydrogen-bond donors (Lipinski definition) is 1. The maximum atomic E-state index is 5.45. The SMILES string of the molecule is c1ccc(CCCN=C2NC3(CCOCC3)CS2)cc1. The van der Waals surface area contributed by atoms with Crippen molar-refractivity contribution in [2.45, 2.75) is 31.2 Å². The zero-order valence-corrected chi connectivity index (χ0v) is 12.6. The number of hydrogen-bond acceptors (Lipinski definition) is 3. The van der Waals surface area contributed by atoms with E-state index in [9.17, 15) is 0 Å². The number of amidine groups is 1. The molecule has 108 valence electrons. The zero-order valence-electron chi connectivity index (χ0n) is 11.8. The van der Waals surface area contributed by atoms with Gasteiger partial charge in [0.15, 0.2) is 5.17 Å². The Labute approximate surface area is 125 Å². The van der Waals surface area contributed by atoms with Crippen molar-refractivity contribution >= 4 is 16.9 Å². The van der Waals surface area contributed by atoms with E-state index in [4.69, 9.17) is 9.73 Å². The summed E-state index contributed by atoms with van der Waals surface area (Å²) in [4.78, 5) is 4.72. The van der Waals surface area contributed by atoms with Crippen LogP contribution in [0, 0.1) is 0 Å². The second-order valence-corrected chi connectivity index (χ2v) is 6.55. The van der Waals surface area contributed by atoms with Gasteiger partial charge in [0.25, 0.3) is 0 Å². The van der Waals surface area contributed by atoms with E-state index >= 15 is 0 Å². The average molecular weight is 290 g/mol. The van der Waals surface area contributed by atoms with Crippen LogP contribution >= 0.6 is 11.8 Å². The van der Waals surface area contributed by atoms with Gasteiger partial charge in [-0.1, -0.05) is 42.1 Å². The highest BCUT2D eigenvalue weighted by atomic mass is 32.2. The lowest BCUT2D eigenvalue weighted by Crippen LogP contribution is -2.48. The lowest BCUT2D eigenvalue weighted by Gasteiger charge is -2.32. The molecule has 1 aromatic rings. The van der Waals surface area contributed by atoms with Gasteiger partial charge in [-0.25, -0.2) is 0 Å². The molecule has 20 heavy (non-hydrogen) atoms. The molecule has 0 unspecified atom stereocenters. The number of nitrogens with zero attached hydrogens (tertiary/aromatic N) is 1. The van der Waals surface area contributed by atoms with Crippen LogP contribution in [-0.2, 0) is 11.2 Å². The number of benzene rings is 1. The molecule has 2 heterocycles. The van der Waals surface area contributed by atoms with Crippen molar-refractivity contribution in [3.8, 4) is 0 Å². The van der Waals surface area contributed by atoms with Gasteiger partial charge in [-0.3, -0.25) is 4.99 Å². The molecule has 3 nitrogen and oxygen atoms in total. The molecule has 0 radical (unpaired) electrons. The van der Waals surface area contributed by atoms with Gasteiger partial charge in [0.1, 0.15) is 0 Å². The molecule has 4 heteroatoms. The second-order valence-electron chi connectivity index (χ2n) is 5.58. The smallest absolute Gasteiger partial charge is 0.157 e. The summed E-state index contributed by atoms with van der Waals surface area (Å²) < 4.78 is 5.45. The highest BCUT2D eigenvalue weighted by molar-refractivity contribution is 8.14. The lowest BCUT2D eigenvalue weighted by molar-refractivity contribution is 0.0555. The van der Waals surface area contributed by atoms with Crippen LogP contribution in [-0.4, -0.2) is 36.2 Å². The Bertz CT molecular complexity index is 455. The van der Waals surface area contributed by atoms with Crippen molar-refractivity contribution in [2.75, 3.05) is 25.5 Å². The van der Waals surface area contributed by atoms with Crippen molar-refractivity contribution < 1.29 is 4.74 Å². The Morgan fingerprint density at radius 3 is 2.80 bits per heavy atom. The molecule has 0 saturated carbocycles. The standard InChI is InChI=1S/C16H22N2OS/c1-2-5-14(6-3-1)7-4-10-17-15-18-16(13-20-15)8-11-19-12-9-16/h1-3,5-6H,4,7-13H2,(H,17,18). The number of thioether (sulfide) groups is 1. The maximum absolute atomic E-state index is 5.45. The molecular formula is C16H22N2OS. The monoisotopic (exact) mass is 290 g/mol. The molecule has 2 aliphatic heterocycles. The number of rotatable bonds is 4. The van der Waals surface area contributed by atoms with Gasteiger partial charge in [-0.15, -0.1) is 0 Å². The summed E-state index contributed by atoms with van der Waals surface area (Å²) >= 11 is 1.88. The van der Waals surface area contributed by atoms with Crippen molar-refractivity contribution in [3.05, 3.63) is 35.9 Å². The summed E-state index contributed by atoms with van der Waals surface area (Å²) in [7, 11) is 0. The third-order valence-corrected chi connectivity index (χ3v) is 5.23. The third-order valence-electron chi connectivity index (χ3n) is 4.03. The summed E-state index contributed by atoms with van der Waals surface area (Å²) in [5.41, 5.74) is 1.67. The largest absolute Gasteiger partial charge is 0.381 e. The van der Waals surface area contributed by atoms with Gasteiger partial charge in [0.2, 0.25) is 0 Å². The first kappa shape index (κ1) is 14.0. The van der Waals surface area contributed by atoms with Crippen molar-refractivity contribution in [3.63, 3.8) is 0 Å². The quantitative estimate of drug-likeness (QED) is 0.866. The number of ether oxygens (including phenoxy) is 1. The van der Waals surface area contributed by atoms with Crippen LogP contribution < -0.4 is 5.32 Å². The van der Waals surface area contributed by atoms with Crippen LogP contribution in [0.2, 0.25) is 0 Å². The van der Waals surface area contributed by atoms with Crippen LogP contribution in [0.5, 0.6) is 0 Å². The first-order valence-electron chi connectivity index (χ1n) is 7.43. The van der Waals surface area contributed by atoms with E-state index in [1.54, 1.807) is 0 Å². The molecule has 2 aliphatic rings. The molecule has 1 spiro atoms. The van der Waals surface area contributed by atoms with Gasteiger partial charge in [0.05, 0.1) is 5.54 Å². The van der Waals surface area contributed by atoms with Crippen LogP contribution in [0.25, 0.3) is 0 Å². The zero-order chi connectivity index (χ0) is 13.7. The van der Waals surface area contributed by atoms with Gasteiger partial charge in [-0.05, 0) is 31.2 Å². The Morgan fingerprint density at radius 1 is 1.20 bits per heavy atom. The van der Waals surface area contributed by atoms with E-state index in [2.05, 4.69) is 35.6 Å². The van der Waals surface area contributed by atoms with Crippen molar-refractivity contribution in [1.82, 2.24) is 5.32 Å². The Balaban J connectivity index is 1.44. The van der Waals surface area contributed by atoms with Crippen LogP contribution in [0.1, 0.15) is 24.8 Å². The minimum Gasteiger partial charge on any atom is -0.381 e. The van der Waals surface area contributed by atoms with E-state index in [-0.39, 0.29) is 5.54 Å². The van der Waals surface area contributed by atoms with Crippen molar-refractivity contribution in [1.29, 1.82) is 0 Å². The average Bonchev–Trinajstić information content (AvgIpc) is 2.88. The molecule has 2 saturated heterocycles. The topological polar surface area (TPSA) is 33.6 Å². The Kier molecular flexibility index (Phi) is 4.63. The Hall–Kier alpha value is -1.00. The number of aryl methyl sites for hydroxylation is 1. The summed E-state index contributed by atoms with van der Waals surface area (Å²) in [6, 6.07) is 10.6. The first-order valence-corrected chi connectivity index (χ1v) is 8.42. The molecule has 3 rings (SSSR count). The fourth-order valence-corrected chi connectivity index (χ4v) is 3.98. The van der Waals surface area contributed by atoms with E-state index in [1.807, 2.05) is 11.8 Å². The highest BCUT2D eigenvalue weighted by Gasteiger charge is 2.38. The van der Waals surface area contributed by atoms with Gasteiger partial charge in [0, 0.05) is 25.5 Å². The van der Waals surface area contributed by atoms with Gasteiger partial charge < -0.3 is 10.1 Å². The highest BCUT2D eigenvalue weighted by Crippen LogP contribution is 2.31. The van der Waals surface area contributed by atoms with Gasteiger partial charge in [-0.2, -0.15) is 0 Å². The summed E-state index contributed by atoms with van der Waals surface area (Å²) in [5.74, 6) is 1.15. The fourth-order valence-electron chi connectivity index (χ4n) is 2.73. The first-order chi connectivity index (χ1) is 9.86. The van der Waals surface area contributed by atoms with Crippen molar-refractivity contribution in [2.24, 2.45) is 4.99 Å². The molecule has 1 aromatic carbocycles. The van der Waals surface area contributed by atoms with E-state index in [0.717, 1.165) is 56.4 Å². The second kappa shape index (κ2) is 6.64. The minimum absolute atomic E-state index is 0.265. The van der Waals surface area contributed by atoms with E-state index in [0.29, 0.717) is 0 Å². The lowest BCUT2D eigenvalue weighted by atomic mass is 9.93. The molecule has 2 fully saturated rings. The third kappa shape index (κ3) is 3.55. The van der Waals surface area contributed by atoms with Crippen LogP contribution in [0.3, 0.4) is 0 Å². The van der Waals surface area contributed by atoms with E-state index in [1.165, 1.54) is 5.56 Å². The molecule has 0 aliphatic carbocycles. The number of aliphatic imine (C=N–C) groups is 1. The molecule has 0 amide bonds. The summed E-state index contributed by atoms with van der Waals surface area (Å²) in [6.45, 7) is 2.68. The number of nitrogens with one attached hydrogen (secondary N) is 1. The van der Waals surface area contributed by atoms with Crippen LogP contribution in [0.4, 0.5) is 0 Å². The maximum Gasteiger partial charge on any atom is 0.157 e. The Morgan fingerprint density at radius 2 is 2.00 bits per heavy atom.